The van der Waals surface area contributed by atoms with Crippen molar-refractivity contribution in [3.8, 4) is 5.75 Å². The molecule has 1 aliphatic heterocycles. The van der Waals surface area contributed by atoms with Crippen LogP contribution >= 0.6 is 0 Å². The van der Waals surface area contributed by atoms with Crippen molar-refractivity contribution >= 4 is 0 Å². The van der Waals surface area contributed by atoms with E-state index in [1.165, 1.54) is 12.1 Å². The number of hydrogen-bond donors (Lipinski definition) is 1. The van der Waals surface area contributed by atoms with Crippen molar-refractivity contribution < 1.29 is 14.2 Å². The van der Waals surface area contributed by atoms with Gasteiger partial charge in [0, 0.05) is 19.0 Å². The van der Waals surface area contributed by atoms with Crippen molar-refractivity contribution in [2.45, 2.75) is 18.6 Å². The van der Waals surface area contributed by atoms with Gasteiger partial charge >= 0.3 is 0 Å². The lowest BCUT2D eigenvalue weighted by Gasteiger charge is -2.29. The van der Waals surface area contributed by atoms with Gasteiger partial charge in [0.25, 0.3) is 0 Å². The Morgan fingerprint density at radius 1 is 1.50 bits per heavy atom. The molecule has 0 fully saturated rings. The Kier molecular flexibility index (Phi) is 2.56. The summed E-state index contributed by atoms with van der Waals surface area (Å²) in [6, 6.07) is 4.20. The lowest BCUT2D eigenvalue weighted by molar-refractivity contribution is 0.0619. The fraction of sp³-hybridized carbons (Fsp3) is 0.308. The SMILES string of the molecule is Cn1cncc1C1CC(O)c2cc(F)ccc2O1. The van der Waals surface area contributed by atoms with Gasteiger partial charge in [0.15, 0.2) is 0 Å². The summed E-state index contributed by atoms with van der Waals surface area (Å²) in [5.41, 5.74) is 1.40. The van der Waals surface area contributed by atoms with Crippen LogP contribution in [0.1, 0.15) is 29.9 Å². The van der Waals surface area contributed by atoms with Gasteiger partial charge in [-0.3, -0.25) is 0 Å². The number of fused-ring (bicyclic) bond motifs is 1. The van der Waals surface area contributed by atoms with Gasteiger partial charge < -0.3 is 14.4 Å². The maximum Gasteiger partial charge on any atom is 0.143 e. The van der Waals surface area contributed by atoms with Crippen LogP contribution in [0.5, 0.6) is 5.75 Å². The zero-order valence-corrected chi connectivity index (χ0v) is 9.88. The van der Waals surface area contributed by atoms with Gasteiger partial charge in [-0.05, 0) is 18.2 Å². The van der Waals surface area contributed by atoms with Gasteiger partial charge in [-0.25, -0.2) is 9.37 Å². The van der Waals surface area contributed by atoms with Gasteiger partial charge in [0.2, 0.25) is 0 Å². The molecular formula is C13H13FN2O2. The molecule has 0 spiro atoms. The lowest BCUT2D eigenvalue weighted by atomic mass is 9.97. The van der Waals surface area contributed by atoms with E-state index in [1.807, 2.05) is 11.6 Å². The van der Waals surface area contributed by atoms with E-state index in [2.05, 4.69) is 4.98 Å². The Bertz CT molecular complexity index is 582. The number of nitrogens with zero attached hydrogens (tertiary/aromatic N) is 2. The molecule has 0 amide bonds. The van der Waals surface area contributed by atoms with E-state index in [1.54, 1.807) is 18.6 Å². The topological polar surface area (TPSA) is 47.3 Å². The number of aliphatic hydroxyl groups excluding tert-OH is 1. The molecule has 2 atom stereocenters. The summed E-state index contributed by atoms with van der Waals surface area (Å²) in [7, 11) is 1.87. The molecule has 3 rings (SSSR count). The summed E-state index contributed by atoms with van der Waals surface area (Å²) in [5, 5.41) is 10.1. The van der Waals surface area contributed by atoms with E-state index in [4.69, 9.17) is 4.74 Å². The van der Waals surface area contributed by atoms with E-state index in [9.17, 15) is 9.50 Å². The van der Waals surface area contributed by atoms with Crippen LogP contribution in [0.4, 0.5) is 4.39 Å². The van der Waals surface area contributed by atoms with E-state index in [0.717, 1.165) is 5.69 Å². The molecule has 1 aromatic carbocycles. The van der Waals surface area contributed by atoms with Crippen molar-refractivity contribution in [3.05, 3.63) is 47.8 Å². The monoisotopic (exact) mass is 248 g/mol. The molecule has 2 unspecified atom stereocenters. The second-order valence-electron chi connectivity index (χ2n) is 4.47. The smallest absolute Gasteiger partial charge is 0.143 e. The normalized spacial score (nSPS) is 22.4. The second-order valence-corrected chi connectivity index (χ2v) is 4.47. The molecule has 2 heterocycles. The maximum atomic E-state index is 13.1. The molecule has 1 aliphatic rings. The highest BCUT2D eigenvalue weighted by molar-refractivity contribution is 5.38. The number of aromatic nitrogens is 2. The Labute approximate surface area is 104 Å². The molecule has 0 saturated heterocycles. The molecule has 0 radical (unpaired) electrons. The third kappa shape index (κ3) is 1.76. The summed E-state index contributed by atoms with van der Waals surface area (Å²) in [6.45, 7) is 0. The Morgan fingerprint density at radius 3 is 3.06 bits per heavy atom. The second kappa shape index (κ2) is 4.10. The standard InChI is InChI=1S/C13H13FN2O2/c1-16-7-15-6-10(16)13-5-11(17)9-4-8(14)2-3-12(9)18-13/h2-4,6-7,11,13,17H,5H2,1H3. The van der Waals surface area contributed by atoms with Crippen LogP contribution in [0.2, 0.25) is 0 Å². The minimum Gasteiger partial charge on any atom is -0.484 e. The van der Waals surface area contributed by atoms with Crippen molar-refractivity contribution in [1.82, 2.24) is 9.55 Å². The number of benzene rings is 1. The van der Waals surface area contributed by atoms with Crippen molar-refractivity contribution in [3.63, 3.8) is 0 Å². The number of rotatable bonds is 1. The quantitative estimate of drug-likeness (QED) is 0.840. The molecule has 1 aromatic heterocycles. The number of aryl methyl sites for hydroxylation is 1. The molecule has 5 heteroatoms. The third-order valence-corrected chi connectivity index (χ3v) is 3.22. The third-order valence-electron chi connectivity index (χ3n) is 3.22. The van der Waals surface area contributed by atoms with Gasteiger partial charge in [-0.1, -0.05) is 0 Å². The number of hydrogen-bond acceptors (Lipinski definition) is 3. The van der Waals surface area contributed by atoms with Crippen LogP contribution in [-0.2, 0) is 7.05 Å². The van der Waals surface area contributed by atoms with Gasteiger partial charge in [0.1, 0.15) is 17.7 Å². The summed E-state index contributed by atoms with van der Waals surface area (Å²) < 4.78 is 20.8. The predicted molar refractivity (Wildman–Crippen MR) is 62.6 cm³/mol. The van der Waals surface area contributed by atoms with Crippen LogP contribution < -0.4 is 4.74 Å². The summed E-state index contributed by atoms with van der Waals surface area (Å²) >= 11 is 0. The molecule has 2 aromatic rings. The number of ether oxygens (including phenoxy) is 1. The maximum absolute atomic E-state index is 13.1. The first kappa shape index (κ1) is 11.2. The minimum absolute atomic E-state index is 0.259. The van der Waals surface area contributed by atoms with Crippen LogP contribution in [0.25, 0.3) is 0 Å². The van der Waals surface area contributed by atoms with Crippen LogP contribution in [0, 0.1) is 5.82 Å². The average Bonchev–Trinajstić information content (AvgIpc) is 2.76. The van der Waals surface area contributed by atoms with Crippen molar-refractivity contribution in [1.29, 1.82) is 0 Å². The minimum atomic E-state index is -0.718. The van der Waals surface area contributed by atoms with E-state index in [-0.39, 0.29) is 11.9 Å². The van der Waals surface area contributed by atoms with E-state index in [0.29, 0.717) is 17.7 Å². The van der Waals surface area contributed by atoms with E-state index >= 15 is 0 Å². The molecule has 94 valence electrons. The van der Waals surface area contributed by atoms with Gasteiger partial charge in [-0.15, -0.1) is 0 Å². The molecule has 18 heavy (non-hydrogen) atoms. The van der Waals surface area contributed by atoms with Crippen LogP contribution in [0.15, 0.2) is 30.7 Å². The molecular weight excluding hydrogens is 235 g/mol. The number of halogens is 1. The Morgan fingerprint density at radius 2 is 2.33 bits per heavy atom. The molecule has 1 N–H and O–H groups in total. The fourth-order valence-corrected chi connectivity index (χ4v) is 2.28. The van der Waals surface area contributed by atoms with Gasteiger partial charge in [0.05, 0.1) is 24.3 Å². The lowest BCUT2D eigenvalue weighted by Crippen LogP contribution is -2.20. The zero-order valence-electron chi connectivity index (χ0n) is 9.88. The average molecular weight is 248 g/mol. The highest BCUT2D eigenvalue weighted by atomic mass is 19.1. The Hall–Kier alpha value is -1.88. The largest absolute Gasteiger partial charge is 0.484 e. The molecule has 4 nitrogen and oxygen atoms in total. The first-order chi connectivity index (χ1) is 8.65. The molecule has 0 saturated carbocycles. The summed E-state index contributed by atoms with van der Waals surface area (Å²) in [5.74, 6) is 0.164. The zero-order chi connectivity index (χ0) is 12.7. The molecule has 0 bridgehead atoms. The predicted octanol–water partition coefficient (Wildman–Crippen LogP) is 2.12. The van der Waals surface area contributed by atoms with Crippen molar-refractivity contribution in [2.75, 3.05) is 0 Å². The highest BCUT2D eigenvalue weighted by Crippen LogP contribution is 2.40. The Balaban J connectivity index is 1.97. The van der Waals surface area contributed by atoms with Gasteiger partial charge in [-0.2, -0.15) is 0 Å². The highest BCUT2D eigenvalue weighted by Gasteiger charge is 2.29. The first-order valence-corrected chi connectivity index (χ1v) is 5.75. The van der Waals surface area contributed by atoms with Crippen LogP contribution in [0.3, 0.4) is 0 Å². The number of aliphatic hydroxyl groups is 1. The van der Waals surface area contributed by atoms with E-state index < -0.39 is 6.10 Å². The summed E-state index contributed by atoms with van der Waals surface area (Å²) in [6.07, 6.45) is 2.82. The van der Waals surface area contributed by atoms with Crippen molar-refractivity contribution in [2.24, 2.45) is 7.05 Å². The summed E-state index contributed by atoms with van der Waals surface area (Å²) in [4.78, 5) is 4.03. The number of imidazole rings is 1. The van der Waals surface area contributed by atoms with Crippen LogP contribution in [-0.4, -0.2) is 14.7 Å². The first-order valence-electron chi connectivity index (χ1n) is 5.75. The molecule has 0 aliphatic carbocycles. The fourth-order valence-electron chi connectivity index (χ4n) is 2.28.